The number of rotatable bonds is 6. The smallest absolute Gasteiger partial charge is 0.129 e. The van der Waals surface area contributed by atoms with Gasteiger partial charge in [0.25, 0.3) is 0 Å². The Hall–Kier alpha value is -1.29. The Bertz CT molecular complexity index is 328. The van der Waals surface area contributed by atoms with Gasteiger partial charge < -0.3 is 15.7 Å². The van der Waals surface area contributed by atoms with Gasteiger partial charge in [-0.05, 0) is 25.5 Å². The fraction of sp³-hybridized carbons (Fsp3) is 0.583. The van der Waals surface area contributed by atoms with Crippen molar-refractivity contribution in [2.75, 3.05) is 30.3 Å². The van der Waals surface area contributed by atoms with E-state index in [0.717, 1.165) is 30.9 Å². The molecular weight excluding hydrogens is 202 g/mol. The minimum atomic E-state index is 0.148. The lowest BCUT2D eigenvalue weighted by molar-refractivity contribution is 0.301. The van der Waals surface area contributed by atoms with Gasteiger partial charge in [0.2, 0.25) is 0 Å². The number of pyridine rings is 1. The van der Waals surface area contributed by atoms with E-state index in [1.165, 1.54) is 0 Å². The maximum Gasteiger partial charge on any atom is 0.129 e. The number of hydrogen-bond acceptors (Lipinski definition) is 4. The predicted molar refractivity (Wildman–Crippen MR) is 67.6 cm³/mol. The standard InChI is InChI=1S/C12H21N3O/c1-3-4-7-15(8-9-16)12-6-5-11(13)10(2)14-12/h5-6,16H,3-4,7-9,13H2,1-2H3. The molecule has 4 heteroatoms. The Labute approximate surface area is 97.1 Å². The second-order valence-electron chi connectivity index (χ2n) is 3.91. The molecule has 90 valence electrons. The van der Waals surface area contributed by atoms with Crippen LogP contribution in [0, 0.1) is 6.92 Å². The fourth-order valence-corrected chi connectivity index (χ4v) is 1.55. The van der Waals surface area contributed by atoms with Gasteiger partial charge in [0.1, 0.15) is 5.82 Å². The quantitative estimate of drug-likeness (QED) is 0.768. The highest BCUT2D eigenvalue weighted by Gasteiger charge is 2.07. The van der Waals surface area contributed by atoms with Gasteiger partial charge in [-0.25, -0.2) is 4.98 Å². The molecule has 0 unspecified atom stereocenters. The highest BCUT2D eigenvalue weighted by molar-refractivity contribution is 5.50. The SMILES string of the molecule is CCCCN(CCO)c1ccc(N)c(C)n1. The molecule has 0 amide bonds. The predicted octanol–water partition coefficient (Wildman–Crippen LogP) is 1.57. The molecule has 0 aliphatic carbocycles. The van der Waals surface area contributed by atoms with E-state index < -0.39 is 0 Å². The first kappa shape index (κ1) is 12.8. The molecule has 0 radical (unpaired) electrons. The Morgan fingerprint density at radius 1 is 1.38 bits per heavy atom. The lowest BCUT2D eigenvalue weighted by atomic mass is 10.2. The van der Waals surface area contributed by atoms with Gasteiger partial charge in [-0.3, -0.25) is 0 Å². The normalized spacial score (nSPS) is 10.4. The Kier molecular flexibility index (Phi) is 5.05. The van der Waals surface area contributed by atoms with Crippen LogP contribution in [0.1, 0.15) is 25.5 Å². The maximum atomic E-state index is 9.03. The van der Waals surface area contributed by atoms with Gasteiger partial charge in [0, 0.05) is 13.1 Å². The van der Waals surface area contributed by atoms with Crippen LogP contribution in [0.15, 0.2) is 12.1 Å². The average Bonchev–Trinajstić information content (AvgIpc) is 2.28. The van der Waals surface area contributed by atoms with Crippen LogP contribution in [-0.2, 0) is 0 Å². The van der Waals surface area contributed by atoms with Gasteiger partial charge in [-0.15, -0.1) is 0 Å². The van der Waals surface area contributed by atoms with Crippen LogP contribution in [0.5, 0.6) is 0 Å². The number of nitrogens with two attached hydrogens (primary N) is 1. The second-order valence-corrected chi connectivity index (χ2v) is 3.91. The fourth-order valence-electron chi connectivity index (χ4n) is 1.55. The Morgan fingerprint density at radius 3 is 2.69 bits per heavy atom. The average molecular weight is 223 g/mol. The van der Waals surface area contributed by atoms with Crippen LogP contribution in [0.4, 0.5) is 11.5 Å². The van der Waals surface area contributed by atoms with Crippen LogP contribution in [0.3, 0.4) is 0 Å². The van der Waals surface area contributed by atoms with Gasteiger partial charge in [-0.2, -0.15) is 0 Å². The van der Waals surface area contributed by atoms with Gasteiger partial charge >= 0.3 is 0 Å². The summed E-state index contributed by atoms with van der Waals surface area (Å²) in [6, 6.07) is 3.78. The summed E-state index contributed by atoms with van der Waals surface area (Å²) in [4.78, 5) is 6.53. The van der Waals surface area contributed by atoms with Crippen molar-refractivity contribution in [1.29, 1.82) is 0 Å². The van der Waals surface area contributed by atoms with Crippen molar-refractivity contribution >= 4 is 11.5 Å². The largest absolute Gasteiger partial charge is 0.397 e. The topological polar surface area (TPSA) is 62.4 Å². The zero-order valence-corrected chi connectivity index (χ0v) is 10.1. The first-order valence-electron chi connectivity index (χ1n) is 5.78. The van der Waals surface area contributed by atoms with Crippen LogP contribution in [0.2, 0.25) is 0 Å². The first-order chi connectivity index (χ1) is 7.69. The number of aliphatic hydroxyl groups is 1. The molecule has 1 aromatic rings. The van der Waals surface area contributed by atoms with Crippen LogP contribution in [-0.4, -0.2) is 29.8 Å². The summed E-state index contributed by atoms with van der Waals surface area (Å²) in [5.41, 5.74) is 7.29. The van der Waals surface area contributed by atoms with Crippen LogP contribution < -0.4 is 10.6 Å². The van der Waals surface area contributed by atoms with Crippen LogP contribution in [0.25, 0.3) is 0 Å². The van der Waals surface area contributed by atoms with Crippen molar-refractivity contribution in [3.05, 3.63) is 17.8 Å². The molecule has 0 saturated heterocycles. The van der Waals surface area contributed by atoms with E-state index in [2.05, 4.69) is 16.8 Å². The summed E-state index contributed by atoms with van der Waals surface area (Å²) < 4.78 is 0. The van der Waals surface area contributed by atoms with E-state index in [9.17, 15) is 0 Å². The molecule has 16 heavy (non-hydrogen) atoms. The molecule has 0 atom stereocenters. The van der Waals surface area contributed by atoms with E-state index in [4.69, 9.17) is 10.8 Å². The second kappa shape index (κ2) is 6.33. The molecule has 0 aliphatic heterocycles. The molecule has 1 heterocycles. The number of unbranched alkanes of at least 4 members (excludes halogenated alkanes) is 1. The number of hydrogen-bond donors (Lipinski definition) is 2. The zero-order valence-electron chi connectivity index (χ0n) is 10.1. The lowest BCUT2D eigenvalue weighted by Gasteiger charge is -2.23. The summed E-state index contributed by atoms with van der Waals surface area (Å²) in [6.45, 7) is 5.74. The van der Waals surface area contributed by atoms with E-state index >= 15 is 0 Å². The molecule has 0 saturated carbocycles. The third-order valence-electron chi connectivity index (χ3n) is 2.59. The maximum absolute atomic E-state index is 9.03. The van der Waals surface area contributed by atoms with Crippen molar-refractivity contribution in [3.8, 4) is 0 Å². The van der Waals surface area contributed by atoms with E-state index in [-0.39, 0.29) is 6.61 Å². The molecule has 3 N–H and O–H groups in total. The van der Waals surface area contributed by atoms with Crippen molar-refractivity contribution in [3.63, 3.8) is 0 Å². The molecule has 0 bridgehead atoms. The summed E-state index contributed by atoms with van der Waals surface area (Å²) in [6.07, 6.45) is 2.24. The highest BCUT2D eigenvalue weighted by atomic mass is 16.3. The molecule has 4 nitrogen and oxygen atoms in total. The summed E-state index contributed by atoms with van der Waals surface area (Å²) in [5, 5.41) is 9.03. The number of aryl methyl sites for hydroxylation is 1. The van der Waals surface area contributed by atoms with Gasteiger partial charge in [-0.1, -0.05) is 13.3 Å². The lowest BCUT2D eigenvalue weighted by Crippen LogP contribution is -2.28. The summed E-state index contributed by atoms with van der Waals surface area (Å²) in [7, 11) is 0. The summed E-state index contributed by atoms with van der Waals surface area (Å²) in [5.74, 6) is 0.897. The van der Waals surface area contributed by atoms with Crippen LogP contribution >= 0.6 is 0 Å². The number of nitrogens with zero attached hydrogens (tertiary/aromatic N) is 2. The summed E-state index contributed by atoms with van der Waals surface area (Å²) >= 11 is 0. The van der Waals surface area contributed by atoms with Gasteiger partial charge in [0.05, 0.1) is 18.0 Å². The van der Waals surface area contributed by atoms with E-state index in [1.54, 1.807) is 0 Å². The minimum absolute atomic E-state index is 0.148. The van der Waals surface area contributed by atoms with Crippen molar-refractivity contribution in [2.24, 2.45) is 0 Å². The van der Waals surface area contributed by atoms with E-state index in [1.807, 2.05) is 19.1 Å². The molecule has 1 aromatic heterocycles. The van der Waals surface area contributed by atoms with Crippen molar-refractivity contribution in [2.45, 2.75) is 26.7 Å². The zero-order chi connectivity index (χ0) is 12.0. The van der Waals surface area contributed by atoms with Gasteiger partial charge in [0.15, 0.2) is 0 Å². The third-order valence-corrected chi connectivity index (χ3v) is 2.59. The first-order valence-corrected chi connectivity index (χ1v) is 5.78. The Balaban J connectivity index is 2.78. The number of aliphatic hydroxyl groups excluding tert-OH is 1. The molecular formula is C12H21N3O. The van der Waals surface area contributed by atoms with Crippen molar-refractivity contribution < 1.29 is 5.11 Å². The Morgan fingerprint density at radius 2 is 2.12 bits per heavy atom. The minimum Gasteiger partial charge on any atom is -0.397 e. The number of anilines is 2. The monoisotopic (exact) mass is 223 g/mol. The number of nitrogen functional groups attached to an aromatic ring is 1. The molecule has 0 fully saturated rings. The third kappa shape index (κ3) is 3.38. The highest BCUT2D eigenvalue weighted by Crippen LogP contribution is 2.16. The van der Waals surface area contributed by atoms with E-state index in [0.29, 0.717) is 12.2 Å². The molecule has 0 aliphatic rings. The molecule has 0 aromatic carbocycles. The number of aromatic nitrogens is 1. The molecule has 1 rings (SSSR count). The molecule has 0 spiro atoms. The van der Waals surface area contributed by atoms with Crippen molar-refractivity contribution in [1.82, 2.24) is 4.98 Å².